The molecule has 0 bridgehead atoms. The quantitative estimate of drug-likeness (QED) is 0.836. The normalized spacial score (nSPS) is 21.7. The summed E-state index contributed by atoms with van der Waals surface area (Å²) >= 11 is 0. The third-order valence-electron chi connectivity index (χ3n) is 4.38. The van der Waals surface area contributed by atoms with E-state index < -0.39 is 10.0 Å². The summed E-state index contributed by atoms with van der Waals surface area (Å²) in [5, 5.41) is 3.41. The molecule has 1 heterocycles. The molecule has 0 radical (unpaired) electrons. The SMILES string of the molecule is Cn1cc(S(=O)(=O)NC2(C)CCC2)cc1CNC1CC1. The van der Waals surface area contributed by atoms with Crippen LogP contribution in [0.5, 0.6) is 0 Å². The summed E-state index contributed by atoms with van der Waals surface area (Å²) in [5.41, 5.74) is 0.761. The zero-order valence-electron chi connectivity index (χ0n) is 12.1. The topological polar surface area (TPSA) is 63.1 Å². The molecule has 2 fully saturated rings. The molecule has 0 atom stereocenters. The first-order valence-electron chi connectivity index (χ1n) is 7.31. The van der Waals surface area contributed by atoms with Gasteiger partial charge < -0.3 is 9.88 Å². The van der Waals surface area contributed by atoms with Gasteiger partial charge in [0.1, 0.15) is 0 Å². The van der Waals surface area contributed by atoms with E-state index in [1.165, 1.54) is 12.8 Å². The monoisotopic (exact) mass is 297 g/mol. The minimum Gasteiger partial charge on any atom is -0.352 e. The van der Waals surface area contributed by atoms with Gasteiger partial charge in [0.05, 0.1) is 4.90 Å². The van der Waals surface area contributed by atoms with Gasteiger partial charge in [-0.25, -0.2) is 13.1 Å². The lowest BCUT2D eigenvalue weighted by atomic mass is 9.80. The van der Waals surface area contributed by atoms with Crippen molar-refractivity contribution >= 4 is 10.0 Å². The average Bonchev–Trinajstić information content (AvgIpc) is 3.07. The lowest BCUT2D eigenvalue weighted by Gasteiger charge is -2.38. The first-order valence-corrected chi connectivity index (χ1v) is 8.79. The molecule has 0 unspecified atom stereocenters. The number of hydrogen-bond donors (Lipinski definition) is 2. The number of hydrogen-bond acceptors (Lipinski definition) is 3. The zero-order valence-corrected chi connectivity index (χ0v) is 13.0. The highest BCUT2D eigenvalue weighted by Gasteiger charge is 2.36. The van der Waals surface area contributed by atoms with Crippen LogP contribution >= 0.6 is 0 Å². The molecule has 0 saturated heterocycles. The van der Waals surface area contributed by atoms with Crippen molar-refractivity contribution in [1.82, 2.24) is 14.6 Å². The molecule has 1 aromatic heterocycles. The smallest absolute Gasteiger partial charge is 0.242 e. The predicted octanol–water partition coefficient (Wildman–Crippen LogP) is 1.50. The molecule has 112 valence electrons. The summed E-state index contributed by atoms with van der Waals surface area (Å²) in [6.45, 7) is 2.71. The minimum absolute atomic E-state index is 0.249. The Morgan fingerprint density at radius 2 is 2.10 bits per heavy atom. The van der Waals surface area contributed by atoms with Gasteiger partial charge in [-0.15, -0.1) is 0 Å². The first-order chi connectivity index (χ1) is 9.38. The van der Waals surface area contributed by atoms with Crippen LogP contribution in [0.3, 0.4) is 0 Å². The lowest BCUT2D eigenvalue weighted by molar-refractivity contribution is 0.248. The Balaban J connectivity index is 1.73. The Bertz CT molecular complexity index is 598. The van der Waals surface area contributed by atoms with Crippen LogP contribution in [0.25, 0.3) is 0 Å². The maximum atomic E-state index is 12.4. The van der Waals surface area contributed by atoms with Crippen molar-refractivity contribution in [3.05, 3.63) is 18.0 Å². The van der Waals surface area contributed by atoms with Crippen molar-refractivity contribution in [2.75, 3.05) is 0 Å². The molecule has 0 aliphatic heterocycles. The Morgan fingerprint density at radius 3 is 2.65 bits per heavy atom. The summed E-state index contributed by atoms with van der Waals surface area (Å²) in [7, 11) is -1.51. The third-order valence-corrected chi connectivity index (χ3v) is 5.99. The van der Waals surface area contributed by atoms with Gasteiger partial charge in [-0.2, -0.15) is 0 Å². The Kier molecular flexibility index (Phi) is 3.43. The van der Waals surface area contributed by atoms with Crippen LogP contribution in [0.4, 0.5) is 0 Å². The maximum Gasteiger partial charge on any atom is 0.242 e. The second kappa shape index (κ2) is 4.86. The van der Waals surface area contributed by atoms with E-state index in [1.54, 1.807) is 12.3 Å². The van der Waals surface area contributed by atoms with Gasteiger partial charge in [0.25, 0.3) is 0 Å². The van der Waals surface area contributed by atoms with Crippen LogP contribution in [0.1, 0.15) is 44.7 Å². The molecule has 20 heavy (non-hydrogen) atoms. The summed E-state index contributed by atoms with van der Waals surface area (Å²) in [5.74, 6) is 0. The van der Waals surface area contributed by atoms with Gasteiger partial charge in [-0.05, 0) is 45.1 Å². The number of sulfonamides is 1. The molecule has 5 nitrogen and oxygen atoms in total. The van der Waals surface area contributed by atoms with Crippen LogP contribution in [0.15, 0.2) is 17.2 Å². The lowest BCUT2D eigenvalue weighted by Crippen LogP contribution is -2.50. The van der Waals surface area contributed by atoms with E-state index in [-0.39, 0.29) is 5.54 Å². The molecule has 0 aromatic carbocycles. The van der Waals surface area contributed by atoms with E-state index in [9.17, 15) is 8.42 Å². The molecule has 6 heteroatoms. The molecule has 2 aliphatic rings. The average molecular weight is 297 g/mol. The number of nitrogens with zero attached hydrogens (tertiary/aromatic N) is 1. The van der Waals surface area contributed by atoms with Crippen LogP contribution in [-0.4, -0.2) is 24.6 Å². The highest BCUT2D eigenvalue weighted by atomic mass is 32.2. The maximum absolute atomic E-state index is 12.4. The number of aromatic nitrogens is 1. The Hall–Kier alpha value is -0.850. The van der Waals surface area contributed by atoms with E-state index >= 15 is 0 Å². The van der Waals surface area contributed by atoms with E-state index in [1.807, 2.05) is 18.5 Å². The molecular weight excluding hydrogens is 274 g/mol. The predicted molar refractivity (Wildman–Crippen MR) is 77.9 cm³/mol. The number of aryl methyl sites for hydroxylation is 1. The molecule has 2 N–H and O–H groups in total. The second-order valence-electron chi connectivity index (χ2n) is 6.45. The molecule has 1 aromatic rings. The molecule has 3 rings (SSSR count). The van der Waals surface area contributed by atoms with Crippen molar-refractivity contribution in [2.45, 2.75) is 62.0 Å². The third kappa shape index (κ3) is 2.92. The van der Waals surface area contributed by atoms with Gasteiger partial charge in [0, 0.05) is 37.1 Å². The summed E-state index contributed by atoms with van der Waals surface area (Å²) in [6, 6.07) is 2.40. The van der Waals surface area contributed by atoms with Gasteiger partial charge in [0.2, 0.25) is 10.0 Å². The van der Waals surface area contributed by atoms with Crippen molar-refractivity contribution in [2.24, 2.45) is 7.05 Å². The number of nitrogens with one attached hydrogen (secondary N) is 2. The summed E-state index contributed by atoms with van der Waals surface area (Å²) < 4.78 is 29.6. The van der Waals surface area contributed by atoms with E-state index in [0.717, 1.165) is 31.5 Å². The zero-order chi connectivity index (χ0) is 14.4. The Morgan fingerprint density at radius 1 is 1.40 bits per heavy atom. The van der Waals surface area contributed by atoms with Crippen LogP contribution in [0, 0.1) is 0 Å². The van der Waals surface area contributed by atoms with Crippen molar-refractivity contribution in [3.63, 3.8) is 0 Å². The molecular formula is C14H23N3O2S. The van der Waals surface area contributed by atoms with Gasteiger partial charge in [-0.3, -0.25) is 0 Å². The molecule has 0 amide bonds. The van der Waals surface area contributed by atoms with E-state index in [0.29, 0.717) is 10.9 Å². The fourth-order valence-corrected chi connectivity index (χ4v) is 4.19. The molecule has 2 aliphatic carbocycles. The first kappa shape index (κ1) is 14.1. The van der Waals surface area contributed by atoms with Crippen molar-refractivity contribution < 1.29 is 8.42 Å². The highest BCUT2D eigenvalue weighted by Crippen LogP contribution is 2.32. The largest absolute Gasteiger partial charge is 0.352 e. The van der Waals surface area contributed by atoms with Crippen LogP contribution in [0.2, 0.25) is 0 Å². The van der Waals surface area contributed by atoms with Crippen LogP contribution < -0.4 is 10.0 Å². The fraction of sp³-hybridized carbons (Fsp3) is 0.714. The van der Waals surface area contributed by atoms with Crippen molar-refractivity contribution in [3.8, 4) is 0 Å². The summed E-state index contributed by atoms with van der Waals surface area (Å²) in [4.78, 5) is 0.376. The van der Waals surface area contributed by atoms with Crippen molar-refractivity contribution in [1.29, 1.82) is 0 Å². The summed E-state index contributed by atoms with van der Waals surface area (Å²) in [6.07, 6.45) is 7.12. The van der Waals surface area contributed by atoms with E-state index in [2.05, 4.69) is 10.0 Å². The van der Waals surface area contributed by atoms with Gasteiger partial charge >= 0.3 is 0 Å². The highest BCUT2D eigenvalue weighted by molar-refractivity contribution is 7.89. The van der Waals surface area contributed by atoms with E-state index in [4.69, 9.17) is 0 Å². The Labute approximate surface area is 120 Å². The standard InChI is InChI=1S/C14H23N3O2S/c1-14(6-3-7-14)16-20(18,19)13-8-12(17(2)10-13)9-15-11-4-5-11/h8,10-11,15-16H,3-7,9H2,1-2H3. The second-order valence-corrected chi connectivity index (χ2v) is 8.14. The van der Waals surface area contributed by atoms with Gasteiger partial charge in [0.15, 0.2) is 0 Å². The van der Waals surface area contributed by atoms with Gasteiger partial charge in [-0.1, -0.05) is 0 Å². The molecule has 2 saturated carbocycles. The number of rotatable bonds is 6. The fourth-order valence-electron chi connectivity index (χ4n) is 2.63. The minimum atomic E-state index is -3.40. The van der Waals surface area contributed by atoms with Crippen LogP contribution in [-0.2, 0) is 23.6 Å². The molecule has 0 spiro atoms.